The topological polar surface area (TPSA) is 37.4 Å². The Labute approximate surface area is 157 Å². The monoisotopic (exact) mass is 397 g/mol. The number of carbonyl (C=O) groups excluding carboxylic acids is 2. The highest BCUT2D eigenvalue weighted by atomic mass is 19.4. The molecule has 28 heavy (non-hydrogen) atoms. The summed E-state index contributed by atoms with van der Waals surface area (Å²) >= 11 is 0. The van der Waals surface area contributed by atoms with Crippen LogP contribution in [0.3, 0.4) is 0 Å². The van der Waals surface area contributed by atoms with Gasteiger partial charge in [0, 0.05) is 24.6 Å². The molecule has 3 nitrogen and oxygen atoms in total. The van der Waals surface area contributed by atoms with Crippen LogP contribution >= 0.6 is 0 Å². The smallest absolute Gasteiger partial charge is 0.339 e. The van der Waals surface area contributed by atoms with Crippen molar-refractivity contribution in [1.29, 1.82) is 0 Å². The Morgan fingerprint density at radius 2 is 1.54 bits per heavy atom. The summed E-state index contributed by atoms with van der Waals surface area (Å²) in [6.45, 7) is 0.403. The second-order valence-electron chi connectivity index (χ2n) is 6.63. The molecule has 1 amide bonds. The van der Waals surface area contributed by atoms with Crippen molar-refractivity contribution in [2.24, 2.45) is 5.92 Å². The van der Waals surface area contributed by atoms with E-state index in [2.05, 4.69) is 0 Å². The van der Waals surface area contributed by atoms with E-state index < -0.39 is 41.0 Å². The Morgan fingerprint density at radius 3 is 2.11 bits per heavy atom. The van der Waals surface area contributed by atoms with Gasteiger partial charge in [0.15, 0.2) is 5.78 Å². The van der Waals surface area contributed by atoms with Crippen LogP contribution in [0.5, 0.6) is 0 Å². The van der Waals surface area contributed by atoms with Crippen LogP contribution < -0.4 is 0 Å². The number of rotatable bonds is 3. The van der Waals surface area contributed by atoms with Crippen molar-refractivity contribution in [1.82, 2.24) is 4.90 Å². The summed E-state index contributed by atoms with van der Waals surface area (Å²) in [5.41, 5.74) is -1.04. The molecule has 0 radical (unpaired) electrons. The molecule has 0 N–H and O–H groups in total. The largest absolute Gasteiger partial charge is 0.416 e. The fourth-order valence-electron chi connectivity index (χ4n) is 3.24. The predicted octanol–water partition coefficient (Wildman–Crippen LogP) is 4.72. The maximum absolute atomic E-state index is 13.8. The number of Topliss-reactive ketones (excluding diaryl/α,β-unsaturated/α-hetero) is 1. The van der Waals surface area contributed by atoms with E-state index in [1.165, 1.54) is 4.90 Å². The zero-order valence-corrected chi connectivity index (χ0v) is 14.6. The summed E-state index contributed by atoms with van der Waals surface area (Å²) in [5, 5.41) is 0. The molecule has 1 aliphatic heterocycles. The summed E-state index contributed by atoms with van der Waals surface area (Å²) in [7, 11) is 0. The lowest BCUT2D eigenvalue weighted by Gasteiger charge is -2.31. The number of halogens is 5. The van der Waals surface area contributed by atoms with Gasteiger partial charge in [0.2, 0.25) is 0 Å². The minimum absolute atomic E-state index is 0.119. The molecule has 0 saturated carbocycles. The Hall–Kier alpha value is -2.77. The molecule has 1 fully saturated rings. The molecule has 1 saturated heterocycles. The van der Waals surface area contributed by atoms with Gasteiger partial charge in [-0.1, -0.05) is 0 Å². The van der Waals surface area contributed by atoms with E-state index in [1.807, 2.05) is 0 Å². The number of piperidine rings is 1. The first-order chi connectivity index (χ1) is 13.2. The lowest BCUT2D eigenvalue weighted by atomic mass is 9.88. The van der Waals surface area contributed by atoms with E-state index >= 15 is 0 Å². The Balaban J connectivity index is 1.64. The van der Waals surface area contributed by atoms with Gasteiger partial charge in [-0.25, -0.2) is 8.78 Å². The van der Waals surface area contributed by atoms with Crippen LogP contribution in [0.15, 0.2) is 42.5 Å². The molecule has 148 valence electrons. The molecule has 2 aromatic rings. The number of alkyl halides is 3. The number of carbonyl (C=O) groups is 2. The highest BCUT2D eigenvalue weighted by Crippen LogP contribution is 2.30. The van der Waals surface area contributed by atoms with E-state index in [9.17, 15) is 31.5 Å². The maximum Gasteiger partial charge on any atom is 0.416 e. The standard InChI is InChI=1S/C20H16F5NO2/c21-15-5-6-17(22)16(11-15)18(27)12-7-9-26(10-8-12)19(28)13-1-3-14(4-2-13)20(23,24)25/h1-6,11-12H,7-10H2. The van der Waals surface area contributed by atoms with Crippen molar-refractivity contribution in [2.75, 3.05) is 13.1 Å². The van der Waals surface area contributed by atoms with Gasteiger partial charge in [-0.3, -0.25) is 9.59 Å². The van der Waals surface area contributed by atoms with Gasteiger partial charge in [-0.05, 0) is 55.3 Å². The summed E-state index contributed by atoms with van der Waals surface area (Å²) < 4.78 is 64.9. The van der Waals surface area contributed by atoms with Crippen molar-refractivity contribution >= 4 is 11.7 Å². The highest BCUT2D eigenvalue weighted by Gasteiger charge is 2.32. The molecule has 3 rings (SSSR count). The van der Waals surface area contributed by atoms with Gasteiger partial charge < -0.3 is 4.90 Å². The second kappa shape index (κ2) is 7.69. The second-order valence-corrected chi connectivity index (χ2v) is 6.63. The molecular weight excluding hydrogens is 381 g/mol. The summed E-state index contributed by atoms with van der Waals surface area (Å²) in [5.74, 6) is -3.00. The maximum atomic E-state index is 13.8. The summed E-state index contributed by atoms with van der Waals surface area (Å²) in [6, 6.07) is 6.60. The van der Waals surface area contributed by atoms with Gasteiger partial charge in [-0.2, -0.15) is 13.2 Å². The zero-order valence-electron chi connectivity index (χ0n) is 14.6. The quantitative estimate of drug-likeness (QED) is 0.555. The van der Waals surface area contributed by atoms with Gasteiger partial charge in [-0.15, -0.1) is 0 Å². The molecule has 8 heteroatoms. The molecule has 1 heterocycles. The summed E-state index contributed by atoms with van der Waals surface area (Å²) in [6.07, 6.45) is -3.95. The van der Waals surface area contributed by atoms with E-state index in [0.717, 1.165) is 42.5 Å². The number of likely N-dealkylation sites (tertiary alicyclic amines) is 1. The van der Waals surface area contributed by atoms with Gasteiger partial charge in [0.05, 0.1) is 11.1 Å². The molecule has 0 bridgehead atoms. The Kier molecular flexibility index (Phi) is 5.49. The van der Waals surface area contributed by atoms with Crippen molar-refractivity contribution in [3.05, 3.63) is 70.8 Å². The Bertz CT molecular complexity index is 884. The van der Waals surface area contributed by atoms with Gasteiger partial charge >= 0.3 is 6.18 Å². The molecule has 0 atom stereocenters. The Morgan fingerprint density at radius 1 is 0.929 bits per heavy atom. The third-order valence-electron chi connectivity index (χ3n) is 4.81. The molecule has 0 aromatic heterocycles. The molecule has 0 spiro atoms. The van der Waals surface area contributed by atoms with E-state index in [4.69, 9.17) is 0 Å². The lowest BCUT2D eigenvalue weighted by molar-refractivity contribution is -0.137. The third kappa shape index (κ3) is 4.21. The number of hydrogen-bond donors (Lipinski definition) is 0. The highest BCUT2D eigenvalue weighted by molar-refractivity contribution is 5.98. The van der Waals surface area contributed by atoms with Crippen LogP contribution in [0, 0.1) is 17.6 Å². The van der Waals surface area contributed by atoms with Crippen LogP contribution in [-0.4, -0.2) is 29.7 Å². The average molecular weight is 397 g/mol. The molecule has 1 aliphatic rings. The van der Waals surface area contributed by atoms with Gasteiger partial charge in [0.1, 0.15) is 11.6 Å². The van der Waals surface area contributed by atoms with E-state index in [0.29, 0.717) is 0 Å². The third-order valence-corrected chi connectivity index (χ3v) is 4.81. The molecule has 2 aromatic carbocycles. The lowest BCUT2D eigenvalue weighted by Crippen LogP contribution is -2.40. The first-order valence-electron chi connectivity index (χ1n) is 8.62. The van der Waals surface area contributed by atoms with Crippen LogP contribution in [0.2, 0.25) is 0 Å². The number of ketones is 1. The number of benzene rings is 2. The van der Waals surface area contributed by atoms with Crippen molar-refractivity contribution < 1.29 is 31.5 Å². The number of nitrogens with zero attached hydrogens (tertiary/aromatic N) is 1. The molecule has 0 aliphatic carbocycles. The van der Waals surface area contributed by atoms with Crippen molar-refractivity contribution in [3.63, 3.8) is 0 Å². The van der Waals surface area contributed by atoms with Crippen LogP contribution in [0.4, 0.5) is 22.0 Å². The fraction of sp³-hybridized carbons (Fsp3) is 0.300. The van der Waals surface area contributed by atoms with Gasteiger partial charge in [0.25, 0.3) is 5.91 Å². The summed E-state index contributed by atoms with van der Waals surface area (Å²) in [4.78, 5) is 26.3. The molecular formula is C20H16F5NO2. The SMILES string of the molecule is O=C(c1cc(F)ccc1F)C1CCN(C(=O)c2ccc(C(F)(F)F)cc2)CC1. The minimum Gasteiger partial charge on any atom is -0.339 e. The predicted molar refractivity (Wildman–Crippen MR) is 90.8 cm³/mol. The van der Waals surface area contributed by atoms with E-state index in [1.54, 1.807) is 0 Å². The van der Waals surface area contributed by atoms with Crippen LogP contribution in [0.1, 0.15) is 39.1 Å². The first kappa shape index (κ1) is 20.0. The molecule has 0 unspecified atom stereocenters. The number of amides is 1. The zero-order chi connectivity index (χ0) is 20.5. The van der Waals surface area contributed by atoms with Crippen LogP contribution in [0.25, 0.3) is 0 Å². The normalized spacial score (nSPS) is 15.5. The van der Waals surface area contributed by atoms with Crippen molar-refractivity contribution in [3.8, 4) is 0 Å². The van der Waals surface area contributed by atoms with Crippen molar-refractivity contribution in [2.45, 2.75) is 19.0 Å². The van der Waals surface area contributed by atoms with E-state index in [-0.39, 0.29) is 37.1 Å². The fourth-order valence-corrected chi connectivity index (χ4v) is 3.24. The average Bonchev–Trinajstić information content (AvgIpc) is 2.68. The first-order valence-corrected chi connectivity index (χ1v) is 8.62. The number of hydrogen-bond acceptors (Lipinski definition) is 2. The van der Waals surface area contributed by atoms with Crippen LogP contribution in [-0.2, 0) is 6.18 Å². The minimum atomic E-state index is -4.48.